The lowest BCUT2D eigenvalue weighted by molar-refractivity contribution is 0.616. The molecule has 0 radical (unpaired) electrons. The van der Waals surface area contributed by atoms with Crippen LogP contribution in [0.4, 0.5) is 0 Å². The van der Waals surface area contributed by atoms with Gasteiger partial charge in [0.25, 0.3) is 0 Å². The first-order valence-electron chi connectivity index (χ1n) is 7.27. The smallest absolute Gasteiger partial charge is 0.198 e. The van der Waals surface area contributed by atoms with E-state index in [1.54, 1.807) is 0 Å². The summed E-state index contributed by atoms with van der Waals surface area (Å²) in [6.45, 7) is 0. The van der Waals surface area contributed by atoms with Gasteiger partial charge in [0.1, 0.15) is 0 Å². The van der Waals surface area contributed by atoms with Gasteiger partial charge < -0.3 is 0 Å². The monoisotopic (exact) mass is 323 g/mol. The van der Waals surface area contributed by atoms with E-state index in [0.29, 0.717) is 0 Å². The molecule has 0 saturated heterocycles. The molecule has 4 rings (SSSR count). The Bertz CT molecular complexity index is 802. The Kier molecular flexibility index (Phi) is 4.28. The second-order valence-electron chi connectivity index (χ2n) is 5.31. The number of hydrogen-bond donors (Lipinski definition) is 2. The van der Waals surface area contributed by atoms with Gasteiger partial charge in [-0.2, -0.15) is 0 Å². The predicted molar refractivity (Wildman–Crippen MR) is 92.8 cm³/mol. The van der Waals surface area contributed by atoms with Crippen LogP contribution < -0.4 is 5.14 Å². The molecule has 3 aromatic rings. The van der Waals surface area contributed by atoms with Crippen LogP contribution in [-0.4, -0.2) is 8.42 Å². The van der Waals surface area contributed by atoms with Gasteiger partial charge in [0.2, 0.25) is 0 Å². The molecule has 0 spiro atoms. The Morgan fingerprint density at radius 1 is 0.609 bits per heavy atom. The van der Waals surface area contributed by atoms with E-state index in [4.69, 9.17) is 8.42 Å². The Labute approximate surface area is 137 Å². The van der Waals surface area contributed by atoms with Crippen LogP contribution in [0.1, 0.15) is 22.3 Å². The van der Waals surface area contributed by atoms with Crippen LogP contribution in [0, 0.1) is 0 Å². The molecule has 116 valence electrons. The summed E-state index contributed by atoms with van der Waals surface area (Å²) in [7, 11) is -2.62. The fraction of sp³-hybridized carbons (Fsp3) is 0.0526. The first-order valence-corrected chi connectivity index (χ1v) is 8.52. The van der Waals surface area contributed by atoms with Crippen LogP contribution in [0.25, 0.3) is 0 Å². The third-order valence-corrected chi connectivity index (χ3v) is 4.09. The number of fused-ring (bicyclic) bond motifs is 1. The zero-order valence-electron chi connectivity index (χ0n) is 12.4. The van der Waals surface area contributed by atoms with E-state index in [0.717, 1.165) is 0 Å². The molecule has 4 heteroatoms. The van der Waals surface area contributed by atoms with Gasteiger partial charge in [-0.05, 0) is 22.3 Å². The molecule has 23 heavy (non-hydrogen) atoms. The third kappa shape index (κ3) is 2.79. The highest BCUT2D eigenvalue weighted by atomic mass is 32.2. The van der Waals surface area contributed by atoms with Crippen molar-refractivity contribution >= 4 is 10.9 Å². The van der Waals surface area contributed by atoms with E-state index in [1.165, 1.54) is 22.3 Å². The second kappa shape index (κ2) is 6.36. The van der Waals surface area contributed by atoms with E-state index in [1.807, 2.05) is 0 Å². The SMILES string of the molecule is N[SH](=O)=O.c1ccc(C2(c3ccccc3)c3ccccc32)cc1. The number of thiol groups is 1. The van der Waals surface area contributed by atoms with Crippen molar-refractivity contribution in [2.75, 3.05) is 0 Å². The maximum atomic E-state index is 8.81. The Morgan fingerprint density at radius 3 is 1.26 bits per heavy atom. The molecule has 0 unspecified atom stereocenters. The lowest BCUT2D eigenvalue weighted by Crippen LogP contribution is -2.12. The molecule has 0 fully saturated rings. The minimum atomic E-state index is -2.62. The maximum Gasteiger partial charge on any atom is 0.198 e. The second-order valence-corrected chi connectivity index (χ2v) is 5.88. The number of rotatable bonds is 2. The van der Waals surface area contributed by atoms with Crippen LogP contribution in [0.3, 0.4) is 0 Å². The molecule has 0 saturated carbocycles. The van der Waals surface area contributed by atoms with Gasteiger partial charge in [-0.15, -0.1) is 0 Å². The highest BCUT2D eigenvalue weighted by molar-refractivity contribution is 7.69. The molecule has 3 aromatic carbocycles. The fourth-order valence-electron chi connectivity index (χ4n) is 3.22. The number of nitrogens with two attached hydrogens (primary N) is 1. The van der Waals surface area contributed by atoms with Crippen molar-refractivity contribution < 1.29 is 8.42 Å². The lowest BCUT2D eigenvalue weighted by atomic mass is 9.84. The third-order valence-electron chi connectivity index (χ3n) is 4.09. The Balaban J connectivity index is 0.000000354. The standard InChI is InChI=1S/C19H14.H3NO2S/c1-3-9-15(10-4-1)19(16-11-5-2-6-12-16)17-13-7-8-14-18(17)19;1-4(2)3/h1-14H;4H,(H2,1,2,3). The molecule has 3 nitrogen and oxygen atoms in total. The van der Waals surface area contributed by atoms with E-state index in [-0.39, 0.29) is 5.41 Å². The minimum absolute atomic E-state index is 0.00792. The molecule has 1 aliphatic rings. The van der Waals surface area contributed by atoms with Crippen molar-refractivity contribution in [1.29, 1.82) is 0 Å². The number of hydrogen-bond acceptors (Lipinski definition) is 2. The highest BCUT2D eigenvalue weighted by Crippen LogP contribution is 2.58. The quantitative estimate of drug-likeness (QED) is 0.557. The summed E-state index contributed by atoms with van der Waals surface area (Å²) < 4.78 is 17.6. The normalized spacial score (nSPS) is 13.7. The van der Waals surface area contributed by atoms with Crippen molar-refractivity contribution in [1.82, 2.24) is 0 Å². The largest absolute Gasteiger partial charge is 0.231 e. The van der Waals surface area contributed by atoms with E-state index in [9.17, 15) is 0 Å². The lowest BCUT2D eigenvalue weighted by Gasteiger charge is -2.17. The first kappa shape index (κ1) is 15.5. The van der Waals surface area contributed by atoms with Gasteiger partial charge in [0.05, 0.1) is 5.41 Å². The van der Waals surface area contributed by atoms with Crippen LogP contribution in [0.15, 0.2) is 84.9 Å². The summed E-state index contributed by atoms with van der Waals surface area (Å²) in [4.78, 5) is 0. The van der Waals surface area contributed by atoms with Crippen molar-refractivity contribution in [2.45, 2.75) is 5.41 Å². The maximum absolute atomic E-state index is 8.81. The molecule has 1 aliphatic carbocycles. The van der Waals surface area contributed by atoms with Crippen LogP contribution in [-0.2, 0) is 16.3 Å². The van der Waals surface area contributed by atoms with Gasteiger partial charge in [0.15, 0.2) is 10.9 Å². The zero-order chi connectivity index (χ0) is 16.3. The van der Waals surface area contributed by atoms with Crippen LogP contribution in [0.2, 0.25) is 0 Å². The minimum Gasteiger partial charge on any atom is -0.231 e. The van der Waals surface area contributed by atoms with Gasteiger partial charge in [-0.3, -0.25) is 0 Å². The molecule has 0 heterocycles. The molecule has 0 aromatic heterocycles. The molecular weight excluding hydrogens is 306 g/mol. The predicted octanol–water partition coefficient (Wildman–Crippen LogP) is 2.85. The Hall–Kier alpha value is -2.43. The zero-order valence-corrected chi connectivity index (χ0v) is 13.3. The summed E-state index contributed by atoms with van der Waals surface area (Å²) >= 11 is 0. The van der Waals surface area contributed by atoms with Gasteiger partial charge in [-0.1, -0.05) is 84.9 Å². The van der Waals surface area contributed by atoms with Crippen molar-refractivity contribution in [3.8, 4) is 0 Å². The highest BCUT2D eigenvalue weighted by Gasteiger charge is 2.52. The summed E-state index contributed by atoms with van der Waals surface area (Å²) in [5.74, 6) is 0. The average molecular weight is 323 g/mol. The van der Waals surface area contributed by atoms with E-state index < -0.39 is 10.9 Å². The fourth-order valence-corrected chi connectivity index (χ4v) is 3.22. The van der Waals surface area contributed by atoms with Gasteiger partial charge in [0, 0.05) is 0 Å². The molecule has 0 atom stereocenters. The molecule has 0 aliphatic heterocycles. The summed E-state index contributed by atoms with van der Waals surface area (Å²) in [5.41, 5.74) is 5.59. The van der Waals surface area contributed by atoms with Gasteiger partial charge >= 0.3 is 0 Å². The van der Waals surface area contributed by atoms with E-state index in [2.05, 4.69) is 90.1 Å². The summed E-state index contributed by atoms with van der Waals surface area (Å²) in [6, 6.07) is 30.3. The topological polar surface area (TPSA) is 60.2 Å². The van der Waals surface area contributed by atoms with Gasteiger partial charge in [-0.25, -0.2) is 13.6 Å². The van der Waals surface area contributed by atoms with Crippen LogP contribution >= 0.6 is 0 Å². The molecule has 0 bridgehead atoms. The van der Waals surface area contributed by atoms with Crippen molar-refractivity contribution in [3.63, 3.8) is 0 Å². The average Bonchev–Trinajstić information content (AvgIpc) is 3.26. The van der Waals surface area contributed by atoms with E-state index >= 15 is 0 Å². The molecule has 0 amide bonds. The summed E-state index contributed by atoms with van der Waals surface area (Å²) in [5, 5.41) is 4.06. The number of benzene rings is 3. The summed E-state index contributed by atoms with van der Waals surface area (Å²) in [6.07, 6.45) is 0. The molecule has 2 N–H and O–H groups in total. The van der Waals surface area contributed by atoms with Crippen molar-refractivity contribution in [3.05, 3.63) is 107 Å². The molecular formula is C19H17NO2S. The van der Waals surface area contributed by atoms with Crippen molar-refractivity contribution in [2.24, 2.45) is 5.14 Å². The van der Waals surface area contributed by atoms with Crippen LogP contribution in [0.5, 0.6) is 0 Å². The Morgan fingerprint density at radius 2 is 0.913 bits per heavy atom. The first-order chi connectivity index (χ1) is 11.2.